The van der Waals surface area contributed by atoms with Crippen LogP contribution in [0.25, 0.3) is 0 Å². The molecule has 0 aromatic heterocycles. The second kappa shape index (κ2) is 5.98. The summed E-state index contributed by atoms with van der Waals surface area (Å²) in [6.45, 7) is 2.32. The molecule has 1 rings (SSSR count). The Balaban J connectivity index is 2.52. The third-order valence-electron chi connectivity index (χ3n) is 3.30. The lowest BCUT2D eigenvalue weighted by atomic mass is 9.86. The molecule has 1 fully saturated rings. The van der Waals surface area contributed by atoms with Crippen molar-refractivity contribution >= 4 is 10.0 Å². The molecule has 2 unspecified atom stereocenters. The molecule has 1 saturated carbocycles. The van der Waals surface area contributed by atoms with Gasteiger partial charge in [0.2, 0.25) is 10.0 Å². The van der Waals surface area contributed by atoms with Gasteiger partial charge in [0.15, 0.2) is 0 Å². The summed E-state index contributed by atoms with van der Waals surface area (Å²) in [5.41, 5.74) is 0. The predicted octanol–water partition coefficient (Wildman–Crippen LogP) is 1.21. The van der Waals surface area contributed by atoms with Crippen molar-refractivity contribution in [3.05, 3.63) is 0 Å². The summed E-state index contributed by atoms with van der Waals surface area (Å²) in [6.07, 6.45) is 4.22. The topological polar surface area (TPSA) is 57.6 Å². The predicted molar refractivity (Wildman–Crippen MR) is 64.7 cm³/mol. The largest absolute Gasteiger partial charge is 0.393 e. The van der Waals surface area contributed by atoms with Crippen molar-refractivity contribution in [1.82, 2.24) is 4.31 Å². The van der Waals surface area contributed by atoms with Gasteiger partial charge >= 0.3 is 0 Å². The molecule has 0 radical (unpaired) electrons. The SMILES string of the molecule is CCCS(=O)(=O)N(C)CC1CCCCC1O. The van der Waals surface area contributed by atoms with Crippen LogP contribution in [-0.4, -0.2) is 43.3 Å². The Morgan fingerprint density at radius 3 is 2.50 bits per heavy atom. The van der Waals surface area contributed by atoms with Crippen molar-refractivity contribution in [2.75, 3.05) is 19.3 Å². The van der Waals surface area contributed by atoms with E-state index in [9.17, 15) is 13.5 Å². The molecular weight excluding hydrogens is 226 g/mol. The van der Waals surface area contributed by atoms with Crippen LogP contribution >= 0.6 is 0 Å². The average Bonchev–Trinajstić information content (AvgIpc) is 2.21. The van der Waals surface area contributed by atoms with Gasteiger partial charge in [-0.1, -0.05) is 19.8 Å². The number of nitrogens with zero attached hydrogens (tertiary/aromatic N) is 1. The fourth-order valence-electron chi connectivity index (χ4n) is 2.26. The highest BCUT2D eigenvalue weighted by Gasteiger charge is 2.27. The molecule has 0 aromatic carbocycles. The summed E-state index contributed by atoms with van der Waals surface area (Å²) in [5.74, 6) is 0.317. The van der Waals surface area contributed by atoms with Crippen LogP contribution in [0.3, 0.4) is 0 Å². The van der Waals surface area contributed by atoms with Crippen LogP contribution in [0.5, 0.6) is 0 Å². The first-order chi connectivity index (χ1) is 7.47. The first-order valence-electron chi connectivity index (χ1n) is 6.09. The fraction of sp³-hybridized carbons (Fsp3) is 1.00. The molecule has 0 spiro atoms. The van der Waals surface area contributed by atoms with Crippen molar-refractivity contribution in [2.24, 2.45) is 5.92 Å². The molecule has 0 aromatic rings. The van der Waals surface area contributed by atoms with Gasteiger partial charge < -0.3 is 5.11 Å². The van der Waals surface area contributed by atoms with Crippen LogP contribution in [-0.2, 0) is 10.0 Å². The maximum absolute atomic E-state index is 11.8. The van der Waals surface area contributed by atoms with E-state index in [1.807, 2.05) is 6.92 Å². The zero-order valence-corrected chi connectivity index (χ0v) is 11.0. The van der Waals surface area contributed by atoms with Crippen LogP contribution in [0.1, 0.15) is 39.0 Å². The highest BCUT2D eigenvalue weighted by Crippen LogP contribution is 2.25. The molecule has 96 valence electrons. The number of hydrogen-bond donors (Lipinski definition) is 1. The molecule has 4 nitrogen and oxygen atoms in total. The Morgan fingerprint density at radius 2 is 1.94 bits per heavy atom. The van der Waals surface area contributed by atoms with Gasteiger partial charge in [-0.3, -0.25) is 0 Å². The Labute approximate surface area is 98.7 Å². The van der Waals surface area contributed by atoms with E-state index in [2.05, 4.69) is 0 Å². The van der Waals surface area contributed by atoms with Gasteiger partial charge in [-0.25, -0.2) is 12.7 Å². The van der Waals surface area contributed by atoms with Gasteiger partial charge in [-0.05, 0) is 25.2 Å². The van der Waals surface area contributed by atoms with E-state index in [0.717, 1.165) is 25.7 Å². The lowest BCUT2D eigenvalue weighted by Gasteiger charge is -2.30. The molecule has 0 aliphatic heterocycles. The summed E-state index contributed by atoms with van der Waals surface area (Å²) in [7, 11) is -1.49. The van der Waals surface area contributed by atoms with Crippen LogP contribution in [0.15, 0.2) is 0 Å². The van der Waals surface area contributed by atoms with Gasteiger partial charge in [0.05, 0.1) is 11.9 Å². The Morgan fingerprint density at radius 1 is 1.31 bits per heavy atom. The van der Waals surface area contributed by atoms with E-state index in [4.69, 9.17) is 0 Å². The summed E-state index contributed by atoms with van der Waals surface area (Å²) in [6, 6.07) is 0. The molecule has 0 bridgehead atoms. The molecule has 0 amide bonds. The Kier molecular flexibility index (Phi) is 5.21. The molecule has 1 N–H and O–H groups in total. The molecule has 0 heterocycles. The van der Waals surface area contributed by atoms with Crippen LogP contribution in [0.2, 0.25) is 0 Å². The van der Waals surface area contributed by atoms with E-state index >= 15 is 0 Å². The summed E-state index contributed by atoms with van der Waals surface area (Å²) >= 11 is 0. The van der Waals surface area contributed by atoms with E-state index in [1.54, 1.807) is 7.05 Å². The molecule has 1 aliphatic carbocycles. The van der Waals surface area contributed by atoms with E-state index < -0.39 is 10.0 Å². The first-order valence-corrected chi connectivity index (χ1v) is 7.70. The van der Waals surface area contributed by atoms with Crippen molar-refractivity contribution in [2.45, 2.75) is 45.1 Å². The third kappa shape index (κ3) is 3.71. The van der Waals surface area contributed by atoms with Crippen LogP contribution in [0.4, 0.5) is 0 Å². The highest BCUT2D eigenvalue weighted by molar-refractivity contribution is 7.89. The Hall–Kier alpha value is -0.130. The van der Waals surface area contributed by atoms with Gasteiger partial charge in [-0.2, -0.15) is 0 Å². The second-order valence-electron chi connectivity index (χ2n) is 4.71. The molecule has 0 saturated heterocycles. The quantitative estimate of drug-likeness (QED) is 0.796. The van der Waals surface area contributed by atoms with Crippen LogP contribution in [0, 0.1) is 5.92 Å². The molecule has 5 heteroatoms. The first kappa shape index (κ1) is 13.9. The fourth-order valence-corrected chi connectivity index (χ4v) is 3.50. The lowest BCUT2D eigenvalue weighted by Crippen LogP contribution is -2.38. The van der Waals surface area contributed by atoms with Crippen molar-refractivity contribution < 1.29 is 13.5 Å². The zero-order chi connectivity index (χ0) is 12.2. The summed E-state index contributed by atoms with van der Waals surface area (Å²) < 4.78 is 24.9. The van der Waals surface area contributed by atoms with Gasteiger partial charge in [0, 0.05) is 13.6 Å². The minimum atomic E-state index is -3.11. The maximum Gasteiger partial charge on any atom is 0.213 e. The molecular formula is C11H23NO3S. The standard InChI is InChI=1S/C11H23NO3S/c1-3-8-16(14,15)12(2)9-10-6-4-5-7-11(10)13/h10-11,13H,3-9H2,1-2H3. The van der Waals surface area contributed by atoms with Crippen LogP contribution < -0.4 is 0 Å². The maximum atomic E-state index is 11.8. The minimum absolute atomic E-state index is 0.116. The molecule has 16 heavy (non-hydrogen) atoms. The Bertz CT molecular complexity index is 302. The van der Waals surface area contributed by atoms with Crippen molar-refractivity contribution in [3.8, 4) is 0 Å². The van der Waals surface area contributed by atoms with E-state index in [-0.39, 0.29) is 17.8 Å². The van der Waals surface area contributed by atoms with Gasteiger partial charge in [-0.15, -0.1) is 0 Å². The summed E-state index contributed by atoms with van der Waals surface area (Å²) in [5, 5.41) is 9.79. The number of aliphatic hydroxyl groups excluding tert-OH is 1. The molecule has 1 aliphatic rings. The number of aliphatic hydroxyl groups is 1. The monoisotopic (exact) mass is 249 g/mol. The number of hydrogen-bond acceptors (Lipinski definition) is 3. The van der Waals surface area contributed by atoms with Crippen molar-refractivity contribution in [3.63, 3.8) is 0 Å². The summed E-state index contributed by atoms with van der Waals surface area (Å²) in [4.78, 5) is 0. The highest BCUT2D eigenvalue weighted by atomic mass is 32.2. The van der Waals surface area contributed by atoms with E-state index in [0.29, 0.717) is 13.0 Å². The second-order valence-corrected chi connectivity index (χ2v) is 6.90. The number of rotatable bonds is 5. The third-order valence-corrected chi connectivity index (χ3v) is 5.32. The number of sulfonamides is 1. The minimum Gasteiger partial charge on any atom is -0.393 e. The van der Waals surface area contributed by atoms with Gasteiger partial charge in [0.25, 0.3) is 0 Å². The molecule has 2 atom stereocenters. The zero-order valence-electron chi connectivity index (χ0n) is 10.2. The van der Waals surface area contributed by atoms with Crippen molar-refractivity contribution in [1.29, 1.82) is 0 Å². The van der Waals surface area contributed by atoms with Gasteiger partial charge in [0.1, 0.15) is 0 Å². The smallest absolute Gasteiger partial charge is 0.213 e. The normalized spacial score (nSPS) is 27.2. The average molecular weight is 249 g/mol. The van der Waals surface area contributed by atoms with E-state index in [1.165, 1.54) is 4.31 Å². The lowest BCUT2D eigenvalue weighted by molar-refractivity contribution is 0.0621.